The second-order valence-electron chi connectivity index (χ2n) is 4.93. The summed E-state index contributed by atoms with van der Waals surface area (Å²) in [6.45, 7) is 1.59. The van der Waals surface area contributed by atoms with Gasteiger partial charge in [0.05, 0.1) is 6.04 Å². The molecular weight excluding hydrogens is 263 g/mol. The Morgan fingerprint density at radius 3 is 2.84 bits per heavy atom. The Kier molecular flexibility index (Phi) is 3.79. The molecule has 102 valence electrons. The lowest BCUT2D eigenvalue weighted by atomic mass is 9.91. The van der Waals surface area contributed by atoms with Crippen molar-refractivity contribution in [2.45, 2.75) is 18.9 Å². The molecule has 2 aromatic rings. The van der Waals surface area contributed by atoms with Gasteiger partial charge in [0.1, 0.15) is 5.82 Å². The number of nitrogens with one attached hydrogen (secondary N) is 1. The van der Waals surface area contributed by atoms with Crippen LogP contribution in [-0.4, -0.2) is 13.2 Å². The lowest BCUT2D eigenvalue weighted by Crippen LogP contribution is -2.35. The third-order valence-electron chi connectivity index (χ3n) is 3.72. The number of rotatable bonds is 3. The average molecular weight is 280 g/mol. The second kappa shape index (κ2) is 5.54. The van der Waals surface area contributed by atoms with Crippen molar-refractivity contribution >= 4 is 21.4 Å². The predicted molar refractivity (Wildman–Crippen MR) is 75.4 cm³/mol. The minimum absolute atomic E-state index is 0.129. The van der Waals surface area contributed by atoms with Crippen molar-refractivity contribution in [2.24, 2.45) is 11.8 Å². The molecule has 0 saturated carbocycles. The van der Waals surface area contributed by atoms with E-state index in [1.165, 1.54) is 10.9 Å². The van der Waals surface area contributed by atoms with Crippen molar-refractivity contribution in [1.82, 2.24) is 5.43 Å². The molecule has 19 heavy (non-hydrogen) atoms. The molecule has 1 aliphatic heterocycles. The SMILES string of the molecule is NNC(c1cc2ccc(F)cc2s1)C1CCOCC1. The van der Waals surface area contributed by atoms with Crippen molar-refractivity contribution in [3.8, 4) is 0 Å². The molecule has 0 radical (unpaired) electrons. The van der Waals surface area contributed by atoms with Crippen LogP contribution >= 0.6 is 11.3 Å². The summed E-state index contributed by atoms with van der Waals surface area (Å²) in [6.07, 6.45) is 2.02. The predicted octanol–water partition coefficient (Wildman–Crippen LogP) is 2.97. The molecule has 1 fully saturated rings. The summed E-state index contributed by atoms with van der Waals surface area (Å²) >= 11 is 1.61. The third-order valence-corrected chi connectivity index (χ3v) is 4.91. The van der Waals surface area contributed by atoms with Gasteiger partial charge in [-0.15, -0.1) is 11.3 Å². The summed E-state index contributed by atoms with van der Waals surface area (Å²) < 4.78 is 19.6. The van der Waals surface area contributed by atoms with Crippen LogP contribution in [0, 0.1) is 11.7 Å². The van der Waals surface area contributed by atoms with Crippen LogP contribution in [0.4, 0.5) is 4.39 Å². The standard InChI is InChI=1S/C14H17FN2OS/c15-11-2-1-10-7-13(19-12(10)8-11)14(17-16)9-3-5-18-6-4-9/h1-2,7-9,14,17H,3-6,16H2. The summed E-state index contributed by atoms with van der Waals surface area (Å²) in [5.74, 6) is 6.02. The molecule has 1 aromatic carbocycles. The highest BCUT2D eigenvalue weighted by atomic mass is 32.1. The Hall–Kier alpha value is -1.01. The monoisotopic (exact) mass is 280 g/mol. The Morgan fingerprint density at radius 2 is 2.11 bits per heavy atom. The summed E-state index contributed by atoms with van der Waals surface area (Å²) in [6, 6.07) is 7.14. The fourth-order valence-corrected chi connectivity index (χ4v) is 3.92. The molecule has 3 N–H and O–H groups in total. The smallest absolute Gasteiger partial charge is 0.124 e. The number of benzene rings is 1. The first-order chi connectivity index (χ1) is 9.28. The molecule has 0 aliphatic carbocycles. The number of thiophene rings is 1. The maximum absolute atomic E-state index is 13.2. The van der Waals surface area contributed by atoms with Crippen LogP contribution in [0.2, 0.25) is 0 Å². The van der Waals surface area contributed by atoms with Gasteiger partial charge in [0.2, 0.25) is 0 Å². The number of nitrogens with two attached hydrogens (primary N) is 1. The normalized spacial score (nSPS) is 18.8. The molecule has 3 nitrogen and oxygen atoms in total. The van der Waals surface area contributed by atoms with Crippen LogP contribution in [0.25, 0.3) is 10.1 Å². The Balaban J connectivity index is 1.91. The summed E-state index contributed by atoms with van der Waals surface area (Å²) in [7, 11) is 0. The van der Waals surface area contributed by atoms with Crippen molar-refractivity contribution in [1.29, 1.82) is 0 Å². The van der Waals surface area contributed by atoms with Gasteiger partial charge in [0.25, 0.3) is 0 Å². The van der Waals surface area contributed by atoms with Gasteiger partial charge in [0.15, 0.2) is 0 Å². The first-order valence-electron chi connectivity index (χ1n) is 6.51. The van der Waals surface area contributed by atoms with Gasteiger partial charge in [-0.2, -0.15) is 0 Å². The highest BCUT2D eigenvalue weighted by Crippen LogP contribution is 2.36. The summed E-state index contributed by atoms with van der Waals surface area (Å²) in [5.41, 5.74) is 2.92. The van der Waals surface area contributed by atoms with E-state index in [0.29, 0.717) is 5.92 Å². The molecule has 0 amide bonds. The van der Waals surface area contributed by atoms with Gasteiger partial charge in [0, 0.05) is 22.8 Å². The van der Waals surface area contributed by atoms with E-state index in [2.05, 4.69) is 11.5 Å². The Labute approximate surface area is 115 Å². The van der Waals surface area contributed by atoms with Gasteiger partial charge in [-0.1, -0.05) is 6.07 Å². The van der Waals surface area contributed by atoms with Crippen molar-refractivity contribution < 1.29 is 9.13 Å². The minimum Gasteiger partial charge on any atom is -0.381 e. The topological polar surface area (TPSA) is 47.3 Å². The summed E-state index contributed by atoms with van der Waals surface area (Å²) in [5, 5.41) is 1.08. The van der Waals surface area contributed by atoms with Crippen LogP contribution < -0.4 is 11.3 Å². The van der Waals surface area contributed by atoms with Crippen LogP contribution in [0.5, 0.6) is 0 Å². The number of hydrogen-bond acceptors (Lipinski definition) is 4. The van der Waals surface area contributed by atoms with Crippen LogP contribution in [0.15, 0.2) is 24.3 Å². The van der Waals surface area contributed by atoms with E-state index in [4.69, 9.17) is 10.6 Å². The Morgan fingerprint density at radius 1 is 1.32 bits per heavy atom. The third kappa shape index (κ3) is 2.65. The number of halogens is 1. The lowest BCUT2D eigenvalue weighted by molar-refractivity contribution is 0.0541. The maximum Gasteiger partial charge on any atom is 0.124 e. The number of ether oxygens (including phenoxy) is 1. The van der Waals surface area contributed by atoms with E-state index in [9.17, 15) is 4.39 Å². The Bertz CT molecular complexity index is 566. The van der Waals surface area contributed by atoms with E-state index in [0.717, 1.165) is 36.1 Å². The molecule has 0 spiro atoms. The van der Waals surface area contributed by atoms with E-state index in [-0.39, 0.29) is 11.9 Å². The molecule has 1 aromatic heterocycles. The zero-order chi connectivity index (χ0) is 13.2. The zero-order valence-electron chi connectivity index (χ0n) is 10.6. The first kappa shape index (κ1) is 13.0. The highest BCUT2D eigenvalue weighted by molar-refractivity contribution is 7.19. The van der Waals surface area contributed by atoms with Gasteiger partial charge in [-0.25, -0.2) is 4.39 Å². The molecule has 2 heterocycles. The maximum atomic E-state index is 13.2. The molecule has 5 heteroatoms. The lowest BCUT2D eigenvalue weighted by Gasteiger charge is -2.29. The van der Waals surface area contributed by atoms with Crippen molar-refractivity contribution in [3.63, 3.8) is 0 Å². The highest BCUT2D eigenvalue weighted by Gasteiger charge is 2.25. The van der Waals surface area contributed by atoms with E-state index < -0.39 is 0 Å². The van der Waals surface area contributed by atoms with Crippen LogP contribution in [0.3, 0.4) is 0 Å². The largest absolute Gasteiger partial charge is 0.381 e. The van der Waals surface area contributed by atoms with Gasteiger partial charge in [-0.05, 0) is 42.3 Å². The van der Waals surface area contributed by atoms with Crippen molar-refractivity contribution in [2.75, 3.05) is 13.2 Å². The number of hydrogen-bond donors (Lipinski definition) is 2. The second-order valence-corrected chi connectivity index (χ2v) is 6.04. The van der Waals surface area contributed by atoms with Crippen LogP contribution in [0.1, 0.15) is 23.8 Å². The molecule has 3 rings (SSSR count). The molecule has 1 saturated heterocycles. The fraction of sp³-hybridized carbons (Fsp3) is 0.429. The van der Waals surface area contributed by atoms with Gasteiger partial charge >= 0.3 is 0 Å². The molecule has 1 aliphatic rings. The summed E-state index contributed by atoms with van der Waals surface area (Å²) in [4.78, 5) is 1.18. The van der Waals surface area contributed by atoms with Gasteiger partial charge < -0.3 is 4.74 Å². The van der Waals surface area contributed by atoms with E-state index >= 15 is 0 Å². The van der Waals surface area contributed by atoms with Crippen LogP contribution in [-0.2, 0) is 4.74 Å². The molecule has 1 unspecified atom stereocenters. The molecule has 0 bridgehead atoms. The minimum atomic E-state index is -0.191. The molecule has 1 atom stereocenters. The molecular formula is C14H17FN2OS. The number of fused-ring (bicyclic) bond motifs is 1. The van der Waals surface area contributed by atoms with Crippen molar-refractivity contribution in [3.05, 3.63) is 35.0 Å². The zero-order valence-corrected chi connectivity index (χ0v) is 11.4. The van der Waals surface area contributed by atoms with E-state index in [1.54, 1.807) is 17.4 Å². The first-order valence-corrected chi connectivity index (χ1v) is 7.32. The number of hydrazine groups is 1. The van der Waals surface area contributed by atoms with E-state index in [1.807, 2.05) is 6.07 Å². The fourth-order valence-electron chi connectivity index (χ4n) is 2.68. The average Bonchev–Trinajstić information content (AvgIpc) is 2.83. The quantitative estimate of drug-likeness (QED) is 0.671. The van der Waals surface area contributed by atoms with Gasteiger partial charge in [-0.3, -0.25) is 11.3 Å².